The molecule has 0 saturated heterocycles. The number of pyridine rings is 1. The molecule has 1 aromatic carbocycles. The molecule has 30 heavy (non-hydrogen) atoms. The van der Waals surface area contributed by atoms with Crippen LogP contribution in [-0.4, -0.2) is 25.8 Å². The Morgan fingerprint density at radius 3 is 2.63 bits per heavy atom. The van der Waals surface area contributed by atoms with E-state index in [1.54, 1.807) is 13.8 Å². The lowest BCUT2D eigenvalue weighted by atomic mass is 9.95. The third-order valence-electron chi connectivity index (χ3n) is 5.77. The van der Waals surface area contributed by atoms with Gasteiger partial charge in [-0.25, -0.2) is 9.37 Å². The molecule has 1 amide bonds. The zero-order valence-corrected chi connectivity index (χ0v) is 17.6. The van der Waals surface area contributed by atoms with Crippen LogP contribution in [0.5, 0.6) is 0 Å². The van der Waals surface area contributed by atoms with E-state index in [9.17, 15) is 14.3 Å². The standard InChI is InChI=1S/C23H27FN4O2/c1-14-18(24)9-10-19(25-14)22(29)26-21-11-15-13-28(16-7-5-4-6-8-16)27-20(15)12-17(21)23(2,3)30/h9-13,16,30H,4-8H2,1-3H3,(H,26,29). The largest absolute Gasteiger partial charge is 0.386 e. The molecule has 2 aromatic heterocycles. The number of amides is 1. The van der Waals surface area contributed by atoms with Crippen LogP contribution in [0, 0.1) is 12.7 Å². The highest BCUT2D eigenvalue weighted by Gasteiger charge is 2.24. The van der Waals surface area contributed by atoms with E-state index in [0.717, 1.165) is 23.7 Å². The van der Waals surface area contributed by atoms with Crippen LogP contribution in [0.2, 0.25) is 0 Å². The van der Waals surface area contributed by atoms with Gasteiger partial charge in [-0.2, -0.15) is 5.10 Å². The molecule has 7 heteroatoms. The summed E-state index contributed by atoms with van der Waals surface area (Å²) in [6, 6.07) is 6.63. The van der Waals surface area contributed by atoms with Gasteiger partial charge < -0.3 is 10.4 Å². The predicted molar refractivity (Wildman–Crippen MR) is 114 cm³/mol. The van der Waals surface area contributed by atoms with Gasteiger partial charge in [-0.1, -0.05) is 19.3 Å². The molecule has 0 spiro atoms. The van der Waals surface area contributed by atoms with Crippen LogP contribution in [0.4, 0.5) is 10.1 Å². The van der Waals surface area contributed by atoms with E-state index >= 15 is 0 Å². The second-order valence-corrected chi connectivity index (χ2v) is 8.63. The summed E-state index contributed by atoms with van der Waals surface area (Å²) in [5, 5.41) is 19.2. The first-order chi connectivity index (χ1) is 14.2. The van der Waals surface area contributed by atoms with E-state index in [1.165, 1.54) is 38.3 Å². The molecule has 0 unspecified atom stereocenters. The first kappa shape index (κ1) is 20.5. The van der Waals surface area contributed by atoms with Crippen molar-refractivity contribution in [1.29, 1.82) is 0 Å². The molecule has 0 atom stereocenters. The summed E-state index contributed by atoms with van der Waals surface area (Å²) in [7, 11) is 0. The van der Waals surface area contributed by atoms with Crippen molar-refractivity contribution in [3.8, 4) is 0 Å². The quantitative estimate of drug-likeness (QED) is 0.643. The second-order valence-electron chi connectivity index (χ2n) is 8.63. The van der Waals surface area contributed by atoms with Gasteiger partial charge in [0, 0.05) is 22.8 Å². The number of aromatic nitrogens is 3. The Kier molecular flexibility index (Phi) is 5.32. The summed E-state index contributed by atoms with van der Waals surface area (Å²) < 4.78 is 15.5. The van der Waals surface area contributed by atoms with Crippen molar-refractivity contribution in [2.75, 3.05) is 5.32 Å². The number of aryl methyl sites for hydroxylation is 1. The summed E-state index contributed by atoms with van der Waals surface area (Å²) >= 11 is 0. The summed E-state index contributed by atoms with van der Waals surface area (Å²) in [4.78, 5) is 16.8. The molecule has 3 aromatic rings. The molecular formula is C23H27FN4O2. The Bertz CT molecular complexity index is 1090. The molecule has 2 heterocycles. The van der Waals surface area contributed by atoms with Crippen molar-refractivity contribution in [2.24, 2.45) is 0 Å². The molecule has 1 aliphatic carbocycles. The average molecular weight is 410 g/mol. The lowest BCUT2D eigenvalue weighted by Gasteiger charge is -2.22. The van der Waals surface area contributed by atoms with E-state index in [0.29, 0.717) is 17.3 Å². The van der Waals surface area contributed by atoms with Gasteiger partial charge in [-0.05, 0) is 57.9 Å². The maximum atomic E-state index is 13.5. The molecule has 0 aliphatic heterocycles. The number of aliphatic hydroxyl groups is 1. The molecule has 1 saturated carbocycles. The molecule has 4 rings (SSSR count). The number of nitrogens with one attached hydrogen (secondary N) is 1. The highest BCUT2D eigenvalue weighted by Crippen LogP contribution is 2.34. The molecule has 2 N–H and O–H groups in total. The minimum atomic E-state index is -1.18. The van der Waals surface area contributed by atoms with Crippen LogP contribution in [0.1, 0.15) is 73.7 Å². The number of anilines is 1. The third kappa shape index (κ3) is 4.07. The normalized spacial score (nSPS) is 15.5. The number of hydrogen-bond acceptors (Lipinski definition) is 4. The first-order valence-corrected chi connectivity index (χ1v) is 10.4. The smallest absolute Gasteiger partial charge is 0.274 e. The van der Waals surface area contributed by atoms with E-state index < -0.39 is 17.3 Å². The fourth-order valence-corrected chi connectivity index (χ4v) is 4.09. The van der Waals surface area contributed by atoms with Gasteiger partial charge in [0.2, 0.25) is 0 Å². The van der Waals surface area contributed by atoms with Crippen LogP contribution >= 0.6 is 0 Å². The van der Waals surface area contributed by atoms with E-state index in [2.05, 4.69) is 10.3 Å². The van der Waals surface area contributed by atoms with Crippen molar-refractivity contribution < 1.29 is 14.3 Å². The van der Waals surface area contributed by atoms with Crippen molar-refractivity contribution in [3.63, 3.8) is 0 Å². The fourth-order valence-electron chi connectivity index (χ4n) is 4.09. The SMILES string of the molecule is Cc1nc(C(=O)Nc2cc3cn(C4CCCCC4)nc3cc2C(C)(C)O)ccc1F. The number of halogens is 1. The van der Waals surface area contributed by atoms with Gasteiger partial charge in [0.15, 0.2) is 0 Å². The van der Waals surface area contributed by atoms with Crippen molar-refractivity contribution in [2.45, 2.75) is 64.5 Å². The van der Waals surface area contributed by atoms with E-state index in [-0.39, 0.29) is 11.4 Å². The summed E-state index contributed by atoms with van der Waals surface area (Å²) in [6.45, 7) is 4.85. The average Bonchev–Trinajstić information content (AvgIpc) is 3.12. The lowest BCUT2D eigenvalue weighted by Crippen LogP contribution is -2.21. The van der Waals surface area contributed by atoms with Gasteiger partial charge in [0.05, 0.1) is 22.9 Å². The monoisotopic (exact) mass is 410 g/mol. The van der Waals surface area contributed by atoms with Crippen molar-refractivity contribution >= 4 is 22.5 Å². The molecule has 158 valence electrons. The fraction of sp³-hybridized carbons (Fsp3) is 0.435. The highest BCUT2D eigenvalue weighted by atomic mass is 19.1. The van der Waals surface area contributed by atoms with Gasteiger partial charge in [0.1, 0.15) is 11.5 Å². The maximum Gasteiger partial charge on any atom is 0.274 e. The van der Waals surface area contributed by atoms with Crippen LogP contribution in [0.25, 0.3) is 10.9 Å². The lowest BCUT2D eigenvalue weighted by molar-refractivity contribution is 0.0793. The molecule has 1 aliphatic rings. The maximum absolute atomic E-state index is 13.5. The van der Waals surface area contributed by atoms with E-state index in [1.807, 2.05) is 23.0 Å². The van der Waals surface area contributed by atoms with Gasteiger partial charge >= 0.3 is 0 Å². The third-order valence-corrected chi connectivity index (χ3v) is 5.77. The summed E-state index contributed by atoms with van der Waals surface area (Å²) in [5.74, 6) is -0.914. The molecule has 0 bridgehead atoms. The minimum Gasteiger partial charge on any atom is -0.386 e. The molecule has 6 nitrogen and oxygen atoms in total. The van der Waals surface area contributed by atoms with Crippen LogP contribution < -0.4 is 5.32 Å². The number of benzene rings is 1. The summed E-state index contributed by atoms with van der Waals surface area (Å²) in [6.07, 6.45) is 7.93. The van der Waals surface area contributed by atoms with Crippen LogP contribution in [-0.2, 0) is 5.60 Å². The molecular weight excluding hydrogens is 383 g/mol. The number of rotatable bonds is 4. The van der Waals surface area contributed by atoms with Crippen molar-refractivity contribution in [3.05, 3.63) is 53.2 Å². The van der Waals surface area contributed by atoms with Crippen molar-refractivity contribution in [1.82, 2.24) is 14.8 Å². The number of nitrogens with zero attached hydrogens (tertiary/aromatic N) is 3. The zero-order valence-electron chi connectivity index (χ0n) is 17.6. The Morgan fingerprint density at radius 1 is 1.23 bits per heavy atom. The number of carbonyl (C=O) groups excluding carboxylic acids is 1. The Hall–Kier alpha value is -2.80. The highest BCUT2D eigenvalue weighted by molar-refractivity contribution is 6.04. The first-order valence-electron chi connectivity index (χ1n) is 10.4. The predicted octanol–water partition coefficient (Wildman–Crippen LogP) is 4.86. The second kappa shape index (κ2) is 7.80. The minimum absolute atomic E-state index is 0.119. The number of fused-ring (bicyclic) bond motifs is 1. The molecule has 0 radical (unpaired) electrons. The number of carbonyl (C=O) groups is 1. The zero-order chi connectivity index (χ0) is 21.5. The van der Waals surface area contributed by atoms with Gasteiger partial charge in [0.25, 0.3) is 5.91 Å². The topological polar surface area (TPSA) is 80.0 Å². The van der Waals surface area contributed by atoms with Gasteiger partial charge in [-0.15, -0.1) is 0 Å². The van der Waals surface area contributed by atoms with Crippen LogP contribution in [0.3, 0.4) is 0 Å². The Balaban J connectivity index is 1.71. The number of hydrogen-bond donors (Lipinski definition) is 2. The Labute approximate surface area is 175 Å². The Morgan fingerprint density at radius 2 is 1.97 bits per heavy atom. The van der Waals surface area contributed by atoms with Gasteiger partial charge in [-0.3, -0.25) is 9.48 Å². The van der Waals surface area contributed by atoms with Crippen LogP contribution in [0.15, 0.2) is 30.5 Å². The van der Waals surface area contributed by atoms with E-state index in [4.69, 9.17) is 5.10 Å². The molecule has 1 fully saturated rings. The summed E-state index contributed by atoms with van der Waals surface area (Å²) in [5.41, 5.74) is 0.940.